The van der Waals surface area contributed by atoms with Crippen molar-refractivity contribution in [1.29, 1.82) is 0 Å². The van der Waals surface area contributed by atoms with E-state index >= 15 is 0 Å². The molecule has 0 atom stereocenters. The molecule has 2 heteroatoms. The number of aryl methyl sites for hydroxylation is 2. The van der Waals surface area contributed by atoms with Crippen LogP contribution in [-0.2, 0) is 5.88 Å². The van der Waals surface area contributed by atoms with Gasteiger partial charge in [0.25, 0.3) is 0 Å². The van der Waals surface area contributed by atoms with E-state index in [0.29, 0.717) is 11.6 Å². The first kappa shape index (κ1) is 8.41. The number of hydrogen-bond acceptors (Lipinski definition) is 1. The highest BCUT2D eigenvalue weighted by Crippen LogP contribution is 2.21. The van der Waals surface area contributed by atoms with E-state index in [1.54, 1.807) is 12.1 Å². The van der Waals surface area contributed by atoms with Crippen molar-refractivity contribution in [2.24, 2.45) is 0 Å². The molecule has 1 rings (SSSR count). The lowest BCUT2D eigenvalue weighted by atomic mass is 10.0. The van der Waals surface area contributed by atoms with Crippen LogP contribution in [0.15, 0.2) is 12.1 Å². The van der Waals surface area contributed by atoms with Crippen molar-refractivity contribution in [2.45, 2.75) is 19.7 Å². The van der Waals surface area contributed by atoms with Gasteiger partial charge in [0.15, 0.2) is 0 Å². The summed E-state index contributed by atoms with van der Waals surface area (Å²) in [6.07, 6.45) is 0. The summed E-state index contributed by atoms with van der Waals surface area (Å²) in [5, 5.41) is 9.17. The SMILES string of the molecule is Cc1cc(O)cc(C)c1CCl. The zero-order valence-electron chi connectivity index (χ0n) is 6.69. The average Bonchev–Trinajstić information content (AvgIpc) is 1.85. The normalized spacial score (nSPS) is 10.1. The third-order valence-corrected chi connectivity index (χ3v) is 2.08. The molecule has 0 radical (unpaired) electrons. The summed E-state index contributed by atoms with van der Waals surface area (Å²) in [6, 6.07) is 3.45. The number of phenolic OH excluding ortho intramolecular Hbond substituents is 1. The van der Waals surface area contributed by atoms with E-state index in [9.17, 15) is 5.11 Å². The van der Waals surface area contributed by atoms with Gasteiger partial charge in [-0.3, -0.25) is 0 Å². The second kappa shape index (κ2) is 3.14. The second-order valence-corrected chi connectivity index (χ2v) is 2.96. The predicted octanol–water partition coefficient (Wildman–Crippen LogP) is 2.75. The number of alkyl halides is 1. The van der Waals surface area contributed by atoms with Crippen LogP contribution in [0.4, 0.5) is 0 Å². The number of hydrogen-bond donors (Lipinski definition) is 1. The molecular formula is C9H11ClO. The summed E-state index contributed by atoms with van der Waals surface area (Å²) in [5.41, 5.74) is 3.22. The number of halogens is 1. The van der Waals surface area contributed by atoms with E-state index in [2.05, 4.69) is 0 Å². The summed E-state index contributed by atoms with van der Waals surface area (Å²) < 4.78 is 0. The lowest BCUT2D eigenvalue weighted by Gasteiger charge is -2.06. The van der Waals surface area contributed by atoms with Gasteiger partial charge < -0.3 is 5.11 Å². The van der Waals surface area contributed by atoms with Crippen LogP contribution in [0.5, 0.6) is 5.75 Å². The highest BCUT2D eigenvalue weighted by molar-refractivity contribution is 6.17. The summed E-state index contributed by atoms with van der Waals surface area (Å²) >= 11 is 5.71. The van der Waals surface area contributed by atoms with Gasteiger partial charge in [0.2, 0.25) is 0 Å². The van der Waals surface area contributed by atoms with Gasteiger partial charge in [0, 0.05) is 5.88 Å². The molecule has 0 aliphatic rings. The van der Waals surface area contributed by atoms with Crippen molar-refractivity contribution in [3.8, 4) is 5.75 Å². The molecule has 0 spiro atoms. The summed E-state index contributed by atoms with van der Waals surface area (Å²) in [7, 11) is 0. The molecule has 0 unspecified atom stereocenters. The van der Waals surface area contributed by atoms with Crippen molar-refractivity contribution in [3.63, 3.8) is 0 Å². The lowest BCUT2D eigenvalue weighted by Crippen LogP contribution is -1.88. The van der Waals surface area contributed by atoms with Crippen molar-refractivity contribution in [2.75, 3.05) is 0 Å². The van der Waals surface area contributed by atoms with Crippen LogP contribution < -0.4 is 0 Å². The molecule has 0 heterocycles. The zero-order chi connectivity index (χ0) is 8.43. The Kier molecular flexibility index (Phi) is 2.40. The minimum Gasteiger partial charge on any atom is -0.508 e. The highest BCUT2D eigenvalue weighted by atomic mass is 35.5. The molecule has 0 saturated carbocycles. The standard InChI is InChI=1S/C9H11ClO/c1-6-3-8(11)4-7(2)9(6)5-10/h3-4,11H,5H2,1-2H3. The van der Waals surface area contributed by atoms with Gasteiger partial charge in [0.1, 0.15) is 5.75 Å². The molecule has 0 bridgehead atoms. The Labute approximate surface area is 71.6 Å². The largest absolute Gasteiger partial charge is 0.508 e. The van der Waals surface area contributed by atoms with Crippen LogP contribution in [-0.4, -0.2) is 5.11 Å². The maximum atomic E-state index is 9.17. The molecule has 0 amide bonds. The fraction of sp³-hybridized carbons (Fsp3) is 0.333. The van der Waals surface area contributed by atoms with Crippen LogP contribution in [0.3, 0.4) is 0 Å². The van der Waals surface area contributed by atoms with E-state index in [4.69, 9.17) is 11.6 Å². The van der Waals surface area contributed by atoms with E-state index < -0.39 is 0 Å². The van der Waals surface area contributed by atoms with Crippen molar-refractivity contribution < 1.29 is 5.11 Å². The van der Waals surface area contributed by atoms with Gasteiger partial charge in [-0.15, -0.1) is 11.6 Å². The molecule has 0 aromatic heterocycles. The van der Waals surface area contributed by atoms with Gasteiger partial charge in [-0.2, -0.15) is 0 Å². The average molecular weight is 171 g/mol. The Balaban J connectivity index is 3.25. The first-order valence-electron chi connectivity index (χ1n) is 3.50. The Morgan fingerprint density at radius 3 is 2.09 bits per heavy atom. The van der Waals surface area contributed by atoms with Crippen molar-refractivity contribution in [1.82, 2.24) is 0 Å². The topological polar surface area (TPSA) is 20.2 Å². The second-order valence-electron chi connectivity index (χ2n) is 2.69. The van der Waals surface area contributed by atoms with E-state index in [-0.39, 0.29) is 0 Å². The molecule has 1 N–H and O–H groups in total. The third-order valence-electron chi connectivity index (χ3n) is 1.81. The molecule has 11 heavy (non-hydrogen) atoms. The highest BCUT2D eigenvalue weighted by Gasteiger charge is 2.02. The molecule has 0 saturated heterocycles. The fourth-order valence-corrected chi connectivity index (χ4v) is 1.60. The summed E-state index contributed by atoms with van der Waals surface area (Å²) in [5.74, 6) is 0.826. The Bertz CT molecular complexity index is 245. The predicted molar refractivity (Wildman–Crippen MR) is 47.1 cm³/mol. The van der Waals surface area contributed by atoms with Crippen LogP contribution in [0.1, 0.15) is 16.7 Å². The van der Waals surface area contributed by atoms with E-state index in [0.717, 1.165) is 16.7 Å². The smallest absolute Gasteiger partial charge is 0.116 e. The molecule has 0 aliphatic carbocycles. The Morgan fingerprint density at radius 2 is 1.73 bits per heavy atom. The van der Waals surface area contributed by atoms with Gasteiger partial charge in [-0.1, -0.05) is 0 Å². The van der Waals surface area contributed by atoms with Crippen LogP contribution >= 0.6 is 11.6 Å². The van der Waals surface area contributed by atoms with E-state index in [1.165, 1.54) is 0 Å². The van der Waals surface area contributed by atoms with Crippen molar-refractivity contribution >= 4 is 11.6 Å². The quantitative estimate of drug-likeness (QED) is 0.643. The van der Waals surface area contributed by atoms with Gasteiger partial charge in [-0.25, -0.2) is 0 Å². The molecule has 1 aromatic carbocycles. The first-order valence-corrected chi connectivity index (χ1v) is 4.03. The summed E-state index contributed by atoms with van der Waals surface area (Å²) in [4.78, 5) is 0. The van der Waals surface area contributed by atoms with Crippen molar-refractivity contribution in [3.05, 3.63) is 28.8 Å². The Hall–Kier alpha value is -0.690. The molecule has 1 nitrogen and oxygen atoms in total. The number of benzene rings is 1. The molecule has 0 aliphatic heterocycles. The molecule has 1 aromatic rings. The maximum absolute atomic E-state index is 9.17. The fourth-order valence-electron chi connectivity index (χ4n) is 1.18. The molecule has 0 fully saturated rings. The first-order chi connectivity index (χ1) is 5.15. The molecular weight excluding hydrogens is 160 g/mol. The van der Waals surface area contributed by atoms with Gasteiger partial charge in [0.05, 0.1) is 0 Å². The van der Waals surface area contributed by atoms with Gasteiger partial charge in [-0.05, 0) is 42.7 Å². The monoisotopic (exact) mass is 170 g/mol. The minimum absolute atomic E-state index is 0.314. The van der Waals surface area contributed by atoms with Crippen LogP contribution in [0, 0.1) is 13.8 Å². The van der Waals surface area contributed by atoms with Crippen LogP contribution in [0.2, 0.25) is 0 Å². The van der Waals surface area contributed by atoms with Crippen LogP contribution in [0.25, 0.3) is 0 Å². The third kappa shape index (κ3) is 1.66. The number of phenols is 1. The Morgan fingerprint density at radius 1 is 1.27 bits per heavy atom. The lowest BCUT2D eigenvalue weighted by molar-refractivity contribution is 0.474. The number of rotatable bonds is 1. The minimum atomic E-state index is 0.314. The zero-order valence-corrected chi connectivity index (χ0v) is 7.44. The summed E-state index contributed by atoms with van der Waals surface area (Å²) in [6.45, 7) is 3.90. The molecule has 60 valence electrons. The van der Waals surface area contributed by atoms with E-state index in [1.807, 2.05) is 13.8 Å². The number of aromatic hydroxyl groups is 1. The van der Waals surface area contributed by atoms with Gasteiger partial charge >= 0.3 is 0 Å². The maximum Gasteiger partial charge on any atom is 0.116 e.